The number of hydrogen-bond donors (Lipinski definition) is 2. The van der Waals surface area contributed by atoms with Crippen LogP contribution >= 0.6 is 11.3 Å². The van der Waals surface area contributed by atoms with Crippen LogP contribution in [0.1, 0.15) is 27.7 Å². The molecule has 0 saturated heterocycles. The number of carbonyl (C=O) groups is 2. The number of anilines is 3. The van der Waals surface area contributed by atoms with Crippen molar-refractivity contribution in [1.82, 2.24) is 4.98 Å². The Kier molecular flexibility index (Phi) is 5.75. The predicted molar refractivity (Wildman–Crippen MR) is 108 cm³/mol. The molecule has 0 radical (unpaired) electrons. The van der Waals surface area contributed by atoms with Gasteiger partial charge in [-0.05, 0) is 49.4 Å². The monoisotopic (exact) mass is 427 g/mol. The number of ketones is 1. The zero-order chi connectivity index (χ0) is 22.0. The van der Waals surface area contributed by atoms with E-state index >= 15 is 0 Å². The molecule has 152 valence electrons. The van der Waals surface area contributed by atoms with Gasteiger partial charge in [0.15, 0.2) is 5.13 Å². The van der Waals surface area contributed by atoms with Gasteiger partial charge in [-0.3, -0.25) is 9.59 Å². The van der Waals surface area contributed by atoms with E-state index in [-0.39, 0.29) is 27.0 Å². The predicted octanol–water partition coefficient (Wildman–Crippen LogP) is 3.12. The van der Waals surface area contributed by atoms with Gasteiger partial charge in [-0.1, -0.05) is 11.3 Å². The van der Waals surface area contributed by atoms with Crippen molar-refractivity contribution < 1.29 is 18.4 Å². The van der Waals surface area contributed by atoms with Crippen molar-refractivity contribution in [2.24, 2.45) is 5.73 Å². The molecule has 2 aromatic carbocycles. The Bertz CT molecular complexity index is 1170. The summed E-state index contributed by atoms with van der Waals surface area (Å²) in [4.78, 5) is 30.1. The van der Waals surface area contributed by atoms with Crippen LogP contribution in [0.15, 0.2) is 42.5 Å². The SMILES string of the molecule is CC(C(N)=O)N(c1ccc(F)cc1)c1nc(N)c(C(=O)c2ccc(C#N)cc2F)s1. The molecule has 1 aromatic heterocycles. The summed E-state index contributed by atoms with van der Waals surface area (Å²) >= 11 is 0.841. The van der Waals surface area contributed by atoms with Crippen LogP contribution in [0.3, 0.4) is 0 Å². The molecule has 10 heteroatoms. The van der Waals surface area contributed by atoms with Gasteiger partial charge in [0.05, 0.1) is 17.2 Å². The third-order valence-corrected chi connectivity index (χ3v) is 5.37. The van der Waals surface area contributed by atoms with E-state index in [0.29, 0.717) is 5.69 Å². The molecule has 3 rings (SSSR count). The Morgan fingerprint density at radius 1 is 1.20 bits per heavy atom. The van der Waals surface area contributed by atoms with Gasteiger partial charge in [0.25, 0.3) is 0 Å². The fourth-order valence-corrected chi connectivity index (χ4v) is 3.75. The number of nitrogens with two attached hydrogens (primary N) is 2. The number of carbonyl (C=O) groups excluding carboxylic acids is 2. The van der Waals surface area contributed by atoms with Crippen molar-refractivity contribution in [3.05, 3.63) is 70.1 Å². The molecule has 7 nitrogen and oxygen atoms in total. The minimum Gasteiger partial charge on any atom is -0.382 e. The van der Waals surface area contributed by atoms with Crippen molar-refractivity contribution in [2.45, 2.75) is 13.0 Å². The van der Waals surface area contributed by atoms with Crippen LogP contribution in [0.5, 0.6) is 0 Å². The molecule has 0 spiro atoms. The highest BCUT2D eigenvalue weighted by Gasteiger charge is 2.28. The number of rotatable bonds is 6. The highest BCUT2D eigenvalue weighted by atomic mass is 32.1. The summed E-state index contributed by atoms with van der Waals surface area (Å²) in [5, 5.41) is 9.00. The number of nitriles is 1. The van der Waals surface area contributed by atoms with Crippen molar-refractivity contribution >= 4 is 39.7 Å². The zero-order valence-electron chi connectivity index (χ0n) is 15.6. The fraction of sp³-hybridized carbons (Fsp3) is 0.100. The van der Waals surface area contributed by atoms with Gasteiger partial charge in [0.1, 0.15) is 28.4 Å². The molecule has 1 atom stereocenters. The van der Waals surface area contributed by atoms with Crippen molar-refractivity contribution in [3.63, 3.8) is 0 Å². The molecule has 0 bridgehead atoms. The van der Waals surface area contributed by atoms with E-state index < -0.39 is 29.4 Å². The van der Waals surface area contributed by atoms with Crippen LogP contribution < -0.4 is 16.4 Å². The van der Waals surface area contributed by atoms with Crippen LogP contribution in [-0.2, 0) is 4.79 Å². The molecular weight excluding hydrogens is 412 g/mol. The highest BCUT2D eigenvalue weighted by Crippen LogP contribution is 2.36. The van der Waals surface area contributed by atoms with Crippen LogP contribution in [0.25, 0.3) is 0 Å². The summed E-state index contributed by atoms with van der Waals surface area (Å²) in [5.41, 5.74) is 11.5. The van der Waals surface area contributed by atoms with Gasteiger partial charge in [0.2, 0.25) is 11.7 Å². The van der Waals surface area contributed by atoms with Gasteiger partial charge in [-0.15, -0.1) is 0 Å². The first-order valence-corrected chi connectivity index (χ1v) is 9.39. The largest absolute Gasteiger partial charge is 0.382 e. The quantitative estimate of drug-likeness (QED) is 0.582. The lowest BCUT2D eigenvalue weighted by Gasteiger charge is -2.26. The minimum atomic E-state index is -0.893. The lowest BCUT2D eigenvalue weighted by molar-refractivity contribution is -0.118. The van der Waals surface area contributed by atoms with Gasteiger partial charge >= 0.3 is 0 Å². The molecule has 0 aliphatic carbocycles. The number of benzene rings is 2. The molecule has 3 aromatic rings. The molecule has 0 aliphatic rings. The Morgan fingerprint density at radius 2 is 1.87 bits per heavy atom. The first-order valence-electron chi connectivity index (χ1n) is 8.57. The molecule has 30 heavy (non-hydrogen) atoms. The number of nitrogens with zero attached hydrogens (tertiary/aromatic N) is 3. The lowest BCUT2D eigenvalue weighted by atomic mass is 10.1. The lowest BCUT2D eigenvalue weighted by Crippen LogP contribution is -2.39. The van der Waals surface area contributed by atoms with E-state index in [9.17, 15) is 18.4 Å². The second-order valence-electron chi connectivity index (χ2n) is 6.27. The average Bonchev–Trinajstić information content (AvgIpc) is 3.09. The summed E-state index contributed by atoms with van der Waals surface area (Å²) in [7, 11) is 0. The van der Waals surface area contributed by atoms with Crippen molar-refractivity contribution in [2.75, 3.05) is 10.6 Å². The molecule has 1 amide bonds. The maximum Gasteiger partial charge on any atom is 0.240 e. The number of hydrogen-bond acceptors (Lipinski definition) is 7. The smallest absolute Gasteiger partial charge is 0.240 e. The summed E-state index contributed by atoms with van der Waals surface area (Å²) in [6, 6.07) is 9.60. The van der Waals surface area contributed by atoms with Crippen LogP contribution in [0.2, 0.25) is 0 Å². The molecule has 4 N–H and O–H groups in total. The Balaban J connectivity index is 2.05. The molecule has 0 fully saturated rings. The Hall–Kier alpha value is -3.84. The zero-order valence-corrected chi connectivity index (χ0v) is 16.4. The Morgan fingerprint density at radius 3 is 2.43 bits per heavy atom. The summed E-state index contributed by atoms with van der Waals surface area (Å²) in [6.45, 7) is 1.52. The normalized spacial score (nSPS) is 11.5. The third-order valence-electron chi connectivity index (χ3n) is 4.30. The van der Waals surface area contributed by atoms with Gasteiger partial charge in [0, 0.05) is 5.69 Å². The minimum absolute atomic E-state index is 0.0441. The highest BCUT2D eigenvalue weighted by molar-refractivity contribution is 7.18. The summed E-state index contributed by atoms with van der Waals surface area (Å²) in [5.74, 6) is -2.90. The van der Waals surface area contributed by atoms with Crippen molar-refractivity contribution in [3.8, 4) is 6.07 Å². The van der Waals surface area contributed by atoms with Crippen LogP contribution in [0, 0.1) is 23.0 Å². The molecule has 1 unspecified atom stereocenters. The molecular formula is C20H15F2N5O2S. The van der Waals surface area contributed by atoms with E-state index in [1.165, 1.54) is 48.2 Å². The Labute approximate surface area is 174 Å². The maximum atomic E-state index is 14.3. The fourth-order valence-electron chi connectivity index (χ4n) is 2.71. The van der Waals surface area contributed by atoms with E-state index in [1.54, 1.807) is 6.07 Å². The second-order valence-corrected chi connectivity index (χ2v) is 7.25. The van der Waals surface area contributed by atoms with E-state index in [2.05, 4.69) is 4.98 Å². The number of halogens is 2. The number of aromatic nitrogens is 1. The number of primary amides is 1. The number of thiazole rings is 1. The van der Waals surface area contributed by atoms with Gasteiger partial charge in [-0.25, -0.2) is 13.8 Å². The number of nitrogen functional groups attached to an aromatic ring is 1. The van der Waals surface area contributed by atoms with Crippen LogP contribution in [0.4, 0.5) is 25.4 Å². The maximum absolute atomic E-state index is 14.3. The summed E-state index contributed by atoms with van der Waals surface area (Å²) < 4.78 is 27.6. The molecule has 1 heterocycles. The summed E-state index contributed by atoms with van der Waals surface area (Å²) in [6.07, 6.45) is 0. The first-order chi connectivity index (χ1) is 14.2. The van der Waals surface area contributed by atoms with E-state index in [0.717, 1.165) is 17.4 Å². The number of amides is 1. The van der Waals surface area contributed by atoms with Crippen LogP contribution in [-0.4, -0.2) is 22.7 Å². The van der Waals surface area contributed by atoms with E-state index in [1.807, 2.05) is 0 Å². The second kappa shape index (κ2) is 8.26. The molecule has 0 saturated carbocycles. The van der Waals surface area contributed by atoms with Crippen molar-refractivity contribution in [1.29, 1.82) is 5.26 Å². The van der Waals surface area contributed by atoms with Gasteiger partial charge in [-0.2, -0.15) is 5.26 Å². The van der Waals surface area contributed by atoms with Gasteiger partial charge < -0.3 is 16.4 Å². The van der Waals surface area contributed by atoms with E-state index in [4.69, 9.17) is 16.7 Å². The first kappa shape index (κ1) is 20.9. The third kappa shape index (κ3) is 3.97. The topological polar surface area (TPSA) is 126 Å². The molecule has 0 aliphatic heterocycles. The standard InChI is InChI=1S/C20H15F2N5O2S/c1-10(19(25)29)27(13-5-3-12(21)4-6-13)20-26-18(24)17(30-20)16(28)14-7-2-11(9-23)8-15(14)22/h2-8,10H,24H2,1H3,(H2,25,29). The average molecular weight is 427 g/mol.